The molecule has 1 fully saturated rings. The van der Waals surface area contributed by atoms with Gasteiger partial charge in [-0.1, -0.05) is 11.8 Å². The van der Waals surface area contributed by atoms with Crippen molar-refractivity contribution in [2.24, 2.45) is 17.4 Å². The summed E-state index contributed by atoms with van der Waals surface area (Å²) in [6.07, 6.45) is 0.635. The number of carbonyl (C=O) groups excluding carboxylic acids is 2. The third-order valence-electron chi connectivity index (χ3n) is 3.06. The summed E-state index contributed by atoms with van der Waals surface area (Å²) in [5.41, 5.74) is 11.3. The predicted octanol–water partition coefficient (Wildman–Crippen LogP) is 0.00570. The summed E-state index contributed by atoms with van der Waals surface area (Å²) in [4.78, 5) is 25.7. The van der Waals surface area contributed by atoms with Crippen LogP contribution in [-0.4, -0.2) is 36.3 Å². The van der Waals surface area contributed by atoms with Crippen molar-refractivity contribution in [2.45, 2.75) is 6.42 Å². The van der Waals surface area contributed by atoms with Crippen LogP contribution < -0.4 is 11.5 Å². The molecule has 1 aliphatic rings. The second-order valence-electron chi connectivity index (χ2n) is 4.31. The topological polar surface area (TPSA) is 89.4 Å². The van der Waals surface area contributed by atoms with Crippen LogP contribution in [0.5, 0.6) is 0 Å². The number of nitrogens with two attached hydrogens (primary N) is 2. The van der Waals surface area contributed by atoms with E-state index in [9.17, 15) is 9.59 Å². The third-order valence-corrected chi connectivity index (χ3v) is 3.96. The molecule has 0 aliphatic carbocycles. The molecule has 6 heteroatoms. The highest BCUT2D eigenvalue weighted by Crippen LogP contribution is 2.23. The lowest BCUT2D eigenvalue weighted by molar-refractivity contribution is -0.121. The van der Waals surface area contributed by atoms with Gasteiger partial charge in [0.05, 0.1) is 12.5 Å². The number of hydrogen-bond donors (Lipinski definition) is 2. The van der Waals surface area contributed by atoms with Gasteiger partial charge in [-0.05, 0) is 17.9 Å². The molecule has 0 aromatic carbocycles. The van der Waals surface area contributed by atoms with Crippen LogP contribution in [0.3, 0.4) is 0 Å². The Morgan fingerprint density at radius 2 is 2.32 bits per heavy atom. The number of carbonyl (C=O) groups is 2. The average Bonchev–Trinajstić information content (AvgIpc) is 3.04. The van der Waals surface area contributed by atoms with Crippen LogP contribution in [0, 0.1) is 17.8 Å². The summed E-state index contributed by atoms with van der Waals surface area (Å²) in [7, 11) is 0. The summed E-state index contributed by atoms with van der Waals surface area (Å²) in [5, 5.41) is 1.83. The van der Waals surface area contributed by atoms with Gasteiger partial charge in [-0.2, -0.15) is 0 Å². The molecule has 1 saturated heterocycles. The van der Waals surface area contributed by atoms with Gasteiger partial charge in [-0.15, -0.1) is 11.3 Å². The summed E-state index contributed by atoms with van der Waals surface area (Å²) >= 11 is 1.35. The fraction of sp³-hybridized carbons (Fsp3) is 0.385. The van der Waals surface area contributed by atoms with E-state index in [1.165, 1.54) is 11.3 Å². The molecule has 4 N–H and O–H groups in total. The first-order valence-electron chi connectivity index (χ1n) is 5.98. The third kappa shape index (κ3) is 2.95. The Labute approximate surface area is 115 Å². The Morgan fingerprint density at radius 3 is 2.95 bits per heavy atom. The van der Waals surface area contributed by atoms with E-state index in [0.717, 1.165) is 0 Å². The first-order valence-corrected chi connectivity index (χ1v) is 6.86. The molecule has 1 atom stereocenters. The molecule has 100 valence electrons. The highest BCUT2D eigenvalue weighted by atomic mass is 32.1. The summed E-state index contributed by atoms with van der Waals surface area (Å²) in [5.74, 6) is 4.97. The molecular formula is C13H15N3O2S. The quantitative estimate of drug-likeness (QED) is 0.746. The van der Waals surface area contributed by atoms with E-state index >= 15 is 0 Å². The second-order valence-corrected chi connectivity index (χ2v) is 5.22. The molecule has 5 nitrogen and oxygen atoms in total. The van der Waals surface area contributed by atoms with Gasteiger partial charge in [0.2, 0.25) is 5.91 Å². The van der Waals surface area contributed by atoms with Crippen molar-refractivity contribution in [2.75, 3.05) is 19.6 Å². The normalized spacial score (nSPS) is 17.9. The largest absolute Gasteiger partial charge is 0.369 e. The second kappa shape index (κ2) is 5.87. The maximum atomic E-state index is 12.3. The van der Waals surface area contributed by atoms with Gasteiger partial charge in [0.25, 0.3) is 5.91 Å². The van der Waals surface area contributed by atoms with Gasteiger partial charge in [0, 0.05) is 18.7 Å². The van der Waals surface area contributed by atoms with E-state index in [1.54, 1.807) is 4.90 Å². The lowest BCUT2D eigenvalue weighted by Crippen LogP contribution is -2.31. The van der Waals surface area contributed by atoms with Gasteiger partial charge in [0.15, 0.2) is 0 Å². The summed E-state index contributed by atoms with van der Waals surface area (Å²) < 4.78 is 0. The van der Waals surface area contributed by atoms with Crippen molar-refractivity contribution in [3.05, 3.63) is 21.9 Å². The number of amides is 2. The molecule has 1 aromatic heterocycles. The first kappa shape index (κ1) is 13.6. The van der Waals surface area contributed by atoms with Gasteiger partial charge >= 0.3 is 0 Å². The molecule has 1 unspecified atom stereocenters. The van der Waals surface area contributed by atoms with Gasteiger partial charge < -0.3 is 16.4 Å². The van der Waals surface area contributed by atoms with Crippen molar-refractivity contribution in [3.8, 4) is 11.8 Å². The first-order chi connectivity index (χ1) is 9.13. The number of hydrogen-bond acceptors (Lipinski definition) is 4. The van der Waals surface area contributed by atoms with E-state index < -0.39 is 0 Å². The molecule has 2 heterocycles. The predicted molar refractivity (Wildman–Crippen MR) is 73.5 cm³/mol. The van der Waals surface area contributed by atoms with Gasteiger partial charge in [0.1, 0.15) is 4.88 Å². The zero-order chi connectivity index (χ0) is 13.8. The standard InChI is InChI=1S/C13H15N3O2S/c14-5-1-2-9-4-7-19-11(9)13(18)16-6-3-10(8-16)12(15)17/h4,7,10H,3,5-6,8,14H2,(H2,15,17). The number of likely N-dealkylation sites (tertiary alicyclic amines) is 1. The van der Waals surface area contributed by atoms with Crippen molar-refractivity contribution < 1.29 is 9.59 Å². The maximum absolute atomic E-state index is 12.3. The zero-order valence-electron chi connectivity index (χ0n) is 10.4. The molecule has 0 radical (unpaired) electrons. The van der Waals surface area contributed by atoms with E-state index in [1.807, 2.05) is 11.4 Å². The number of thiophene rings is 1. The Kier molecular flexibility index (Phi) is 4.20. The minimum atomic E-state index is -0.343. The Hall–Kier alpha value is -1.84. The van der Waals surface area contributed by atoms with Crippen molar-refractivity contribution in [3.63, 3.8) is 0 Å². The maximum Gasteiger partial charge on any atom is 0.265 e. The fourth-order valence-corrected chi connectivity index (χ4v) is 2.86. The monoisotopic (exact) mass is 277 g/mol. The van der Waals surface area contributed by atoms with Crippen LogP contribution in [0.25, 0.3) is 0 Å². The van der Waals surface area contributed by atoms with Crippen molar-refractivity contribution >= 4 is 23.2 Å². The van der Waals surface area contributed by atoms with Crippen LogP contribution >= 0.6 is 11.3 Å². The smallest absolute Gasteiger partial charge is 0.265 e. The summed E-state index contributed by atoms with van der Waals surface area (Å²) in [6.45, 7) is 1.22. The molecular weight excluding hydrogens is 262 g/mol. The molecule has 19 heavy (non-hydrogen) atoms. The molecule has 1 aliphatic heterocycles. The lowest BCUT2D eigenvalue weighted by atomic mass is 10.1. The van der Waals surface area contributed by atoms with Crippen molar-refractivity contribution in [1.82, 2.24) is 4.90 Å². The van der Waals surface area contributed by atoms with Crippen molar-refractivity contribution in [1.29, 1.82) is 0 Å². The average molecular weight is 277 g/mol. The SMILES string of the molecule is NCC#Cc1ccsc1C(=O)N1CCC(C(N)=O)C1. The number of nitrogens with zero attached hydrogens (tertiary/aromatic N) is 1. The Bertz CT molecular complexity index is 556. The van der Waals surface area contributed by atoms with Crippen LogP contribution in [-0.2, 0) is 4.79 Å². The minimum absolute atomic E-state index is 0.0833. The fourth-order valence-electron chi connectivity index (χ4n) is 2.04. The van der Waals surface area contributed by atoms with E-state index in [4.69, 9.17) is 11.5 Å². The molecule has 1 aromatic rings. The highest BCUT2D eigenvalue weighted by Gasteiger charge is 2.31. The molecule has 0 saturated carbocycles. The highest BCUT2D eigenvalue weighted by molar-refractivity contribution is 7.12. The molecule has 0 bridgehead atoms. The summed E-state index contributed by atoms with van der Waals surface area (Å²) in [6, 6.07) is 1.81. The van der Waals surface area contributed by atoms with E-state index in [0.29, 0.717) is 30.0 Å². The number of primary amides is 1. The lowest BCUT2D eigenvalue weighted by Gasteiger charge is -2.15. The molecule has 0 spiro atoms. The number of rotatable bonds is 2. The zero-order valence-corrected chi connectivity index (χ0v) is 11.2. The van der Waals surface area contributed by atoms with Crippen LogP contribution in [0.4, 0.5) is 0 Å². The minimum Gasteiger partial charge on any atom is -0.369 e. The van der Waals surface area contributed by atoms with Gasteiger partial charge in [-0.25, -0.2) is 0 Å². The molecule has 2 amide bonds. The van der Waals surface area contributed by atoms with Crippen LogP contribution in [0.1, 0.15) is 21.7 Å². The Morgan fingerprint density at radius 1 is 1.53 bits per heavy atom. The van der Waals surface area contributed by atoms with Crippen LogP contribution in [0.2, 0.25) is 0 Å². The Balaban J connectivity index is 2.13. The van der Waals surface area contributed by atoms with Gasteiger partial charge in [-0.3, -0.25) is 9.59 Å². The van der Waals surface area contributed by atoms with E-state index in [2.05, 4.69) is 11.8 Å². The van der Waals surface area contributed by atoms with Crippen LogP contribution in [0.15, 0.2) is 11.4 Å². The van der Waals surface area contributed by atoms with E-state index in [-0.39, 0.29) is 24.3 Å². The molecule has 2 rings (SSSR count).